The Morgan fingerprint density at radius 3 is 2.60 bits per heavy atom. The van der Waals surface area contributed by atoms with Gasteiger partial charge in [0.1, 0.15) is 28.1 Å². The van der Waals surface area contributed by atoms with Crippen LogP contribution in [0.4, 0.5) is 0 Å². The maximum absolute atomic E-state index is 13.3. The molecule has 5 aromatic rings. The van der Waals surface area contributed by atoms with Gasteiger partial charge in [-0.05, 0) is 60.2 Å². The van der Waals surface area contributed by atoms with Crippen molar-refractivity contribution < 1.29 is 13.9 Å². The van der Waals surface area contributed by atoms with E-state index in [-0.39, 0.29) is 12.5 Å². The number of rotatable bonds is 8. The monoisotopic (exact) mass is 583 g/mol. The molecule has 40 heavy (non-hydrogen) atoms. The van der Waals surface area contributed by atoms with Gasteiger partial charge in [-0.25, -0.2) is 4.68 Å². The molecule has 2 aromatic heterocycles. The molecule has 0 saturated carbocycles. The van der Waals surface area contributed by atoms with Crippen LogP contribution in [0.15, 0.2) is 113 Å². The van der Waals surface area contributed by atoms with Crippen LogP contribution in [-0.4, -0.2) is 24.9 Å². The Morgan fingerprint density at radius 1 is 1.00 bits per heavy atom. The molecule has 6 nitrogen and oxygen atoms in total. The number of carbonyl (C=O) groups is 1. The van der Waals surface area contributed by atoms with E-state index in [1.54, 1.807) is 17.2 Å². The minimum atomic E-state index is -0.162. The highest BCUT2D eigenvalue weighted by Crippen LogP contribution is 2.36. The van der Waals surface area contributed by atoms with Gasteiger partial charge in [-0.2, -0.15) is 5.10 Å². The van der Waals surface area contributed by atoms with Crippen LogP contribution in [0.3, 0.4) is 0 Å². The molecule has 0 N–H and O–H groups in total. The molecular formula is C31H22ClN3O3S2. The SMILES string of the molecule is O=C1/C(=C/c2cn(-c3ccccc3)nc2-c2cccc(OCc3ccc(Cl)cc3)c2)SC(=S)N1Cc1ccco1. The van der Waals surface area contributed by atoms with E-state index in [1.165, 1.54) is 11.8 Å². The molecule has 1 aliphatic heterocycles. The maximum atomic E-state index is 13.3. The van der Waals surface area contributed by atoms with Gasteiger partial charge in [0.15, 0.2) is 0 Å². The molecule has 1 fully saturated rings. The van der Waals surface area contributed by atoms with E-state index in [4.69, 9.17) is 38.1 Å². The van der Waals surface area contributed by atoms with Crippen molar-refractivity contribution in [3.05, 3.63) is 130 Å². The van der Waals surface area contributed by atoms with E-state index >= 15 is 0 Å². The number of para-hydroxylation sites is 1. The number of carbonyl (C=O) groups excluding carboxylic acids is 1. The van der Waals surface area contributed by atoms with Crippen LogP contribution in [0.2, 0.25) is 5.02 Å². The van der Waals surface area contributed by atoms with Crippen LogP contribution in [0.1, 0.15) is 16.9 Å². The average Bonchev–Trinajstić information content (AvgIpc) is 3.71. The number of hydrogen-bond donors (Lipinski definition) is 0. The number of ether oxygens (including phenoxy) is 1. The first-order valence-electron chi connectivity index (χ1n) is 12.4. The number of thioether (sulfide) groups is 1. The zero-order valence-corrected chi connectivity index (χ0v) is 23.5. The molecular weight excluding hydrogens is 562 g/mol. The highest BCUT2D eigenvalue weighted by Gasteiger charge is 2.33. The number of aromatic nitrogens is 2. The second-order valence-corrected chi connectivity index (χ2v) is 11.1. The second kappa shape index (κ2) is 11.6. The number of nitrogens with zero attached hydrogens (tertiary/aromatic N) is 3. The van der Waals surface area contributed by atoms with Crippen molar-refractivity contribution in [2.45, 2.75) is 13.2 Å². The Labute approximate surface area is 245 Å². The standard InChI is InChI=1S/C31H22ClN3O3S2/c32-24-13-11-21(12-14-24)20-38-26-9-4-6-22(16-26)29-23(18-35(33-29)25-7-2-1-3-8-25)17-28-30(36)34(31(39)40-28)19-27-10-5-15-37-27/h1-18H,19-20H2/b28-17-. The molecule has 3 aromatic carbocycles. The van der Waals surface area contributed by atoms with E-state index in [0.29, 0.717) is 32.4 Å². The maximum Gasteiger partial charge on any atom is 0.266 e. The third-order valence-electron chi connectivity index (χ3n) is 6.24. The van der Waals surface area contributed by atoms with Crippen LogP contribution < -0.4 is 4.74 Å². The Balaban J connectivity index is 1.32. The molecule has 6 rings (SSSR count). The van der Waals surface area contributed by atoms with E-state index in [1.807, 2.05) is 102 Å². The van der Waals surface area contributed by atoms with Crippen molar-refractivity contribution in [2.24, 2.45) is 0 Å². The topological polar surface area (TPSA) is 60.5 Å². The predicted octanol–water partition coefficient (Wildman–Crippen LogP) is 7.77. The molecule has 9 heteroatoms. The predicted molar refractivity (Wildman–Crippen MR) is 162 cm³/mol. The lowest BCUT2D eigenvalue weighted by Crippen LogP contribution is -2.27. The first-order valence-corrected chi connectivity index (χ1v) is 14.0. The van der Waals surface area contributed by atoms with Gasteiger partial charge in [0.25, 0.3) is 5.91 Å². The summed E-state index contributed by atoms with van der Waals surface area (Å²) < 4.78 is 13.8. The van der Waals surface area contributed by atoms with Crippen molar-refractivity contribution in [1.29, 1.82) is 0 Å². The quantitative estimate of drug-likeness (QED) is 0.137. The molecule has 0 bridgehead atoms. The van der Waals surface area contributed by atoms with Crippen molar-refractivity contribution in [2.75, 3.05) is 0 Å². The summed E-state index contributed by atoms with van der Waals surface area (Å²) in [5.41, 5.74) is 4.29. The Bertz CT molecular complexity index is 1700. The van der Waals surface area contributed by atoms with E-state index in [0.717, 1.165) is 28.1 Å². The largest absolute Gasteiger partial charge is 0.489 e. The molecule has 0 unspecified atom stereocenters. The zero-order chi connectivity index (χ0) is 27.5. The van der Waals surface area contributed by atoms with E-state index in [9.17, 15) is 4.79 Å². The highest BCUT2D eigenvalue weighted by atomic mass is 35.5. The van der Waals surface area contributed by atoms with Crippen LogP contribution in [0, 0.1) is 0 Å². The second-order valence-electron chi connectivity index (χ2n) is 9.00. The lowest BCUT2D eigenvalue weighted by Gasteiger charge is -2.11. The van der Waals surface area contributed by atoms with Crippen LogP contribution in [-0.2, 0) is 17.9 Å². The Morgan fingerprint density at radius 2 is 1.82 bits per heavy atom. The number of hydrogen-bond acceptors (Lipinski definition) is 6. The fourth-order valence-corrected chi connectivity index (χ4v) is 5.62. The van der Waals surface area contributed by atoms with Gasteiger partial charge in [0.05, 0.1) is 23.4 Å². The molecule has 0 spiro atoms. The van der Waals surface area contributed by atoms with Crippen molar-refractivity contribution >= 4 is 51.9 Å². The summed E-state index contributed by atoms with van der Waals surface area (Å²) in [4.78, 5) is 15.4. The highest BCUT2D eigenvalue weighted by molar-refractivity contribution is 8.26. The minimum absolute atomic E-state index is 0.162. The van der Waals surface area contributed by atoms with Gasteiger partial charge in [-0.15, -0.1) is 0 Å². The summed E-state index contributed by atoms with van der Waals surface area (Å²) in [7, 11) is 0. The van der Waals surface area contributed by atoms with Crippen LogP contribution >= 0.6 is 35.6 Å². The summed E-state index contributed by atoms with van der Waals surface area (Å²) in [5, 5.41) is 5.59. The van der Waals surface area contributed by atoms with Gasteiger partial charge in [-0.1, -0.05) is 78.0 Å². The van der Waals surface area contributed by atoms with Crippen LogP contribution in [0.5, 0.6) is 5.75 Å². The van der Waals surface area contributed by atoms with Gasteiger partial charge >= 0.3 is 0 Å². The molecule has 1 aliphatic rings. The molecule has 0 radical (unpaired) electrons. The first-order chi connectivity index (χ1) is 19.5. The lowest BCUT2D eigenvalue weighted by atomic mass is 10.1. The zero-order valence-electron chi connectivity index (χ0n) is 21.1. The Kier molecular flexibility index (Phi) is 7.55. The molecule has 3 heterocycles. The van der Waals surface area contributed by atoms with Crippen molar-refractivity contribution in [1.82, 2.24) is 14.7 Å². The Hall–Kier alpha value is -4.11. The number of benzene rings is 3. The average molecular weight is 584 g/mol. The number of furan rings is 1. The number of halogens is 1. The minimum Gasteiger partial charge on any atom is -0.489 e. The fourth-order valence-electron chi connectivity index (χ4n) is 4.25. The van der Waals surface area contributed by atoms with E-state index in [2.05, 4.69) is 0 Å². The van der Waals surface area contributed by atoms with Crippen molar-refractivity contribution in [3.63, 3.8) is 0 Å². The smallest absolute Gasteiger partial charge is 0.266 e. The van der Waals surface area contributed by atoms with Crippen LogP contribution in [0.25, 0.3) is 23.0 Å². The third-order valence-corrected chi connectivity index (χ3v) is 7.87. The summed E-state index contributed by atoms with van der Waals surface area (Å²) in [6.45, 7) is 0.697. The van der Waals surface area contributed by atoms with Crippen molar-refractivity contribution in [3.8, 4) is 22.7 Å². The lowest BCUT2D eigenvalue weighted by molar-refractivity contribution is -0.122. The number of thiocarbonyl (C=S) groups is 1. The number of amides is 1. The van der Waals surface area contributed by atoms with E-state index < -0.39 is 0 Å². The van der Waals surface area contributed by atoms with Gasteiger partial charge in [0, 0.05) is 22.3 Å². The summed E-state index contributed by atoms with van der Waals surface area (Å²) in [6, 6.07) is 28.8. The first kappa shape index (κ1) is 26.1. The summed E-state index contributed by atoms with van der Waals surface area (Å²) >= 11 is 12.8. The molecule has 198 valence electrons. The summed E-state index contributed by atoms with van der Waals surface area (Å²) in [6.07, 6.45) is 5.36. The molecule has 0 atom stereocenters. The molecule has 0 aliphatic carbocycles. The van der Waals surface area contributed by atoms with Gasteiger partial charge in [0.2, 0.25) is 0 Å². The van der Waals surface area contributed by atoms with Gasteiger partial charge < -0.3 is 9.15 Å². The fraction of sp³-hybridized carbons (Fsp3) is 0.0645. The normalized spacial score (nSPS) is 14.3. The summed E-state index contributed by atoms with van der Waals surface area (Å²) in [5.74, 6) is 1.22. The van der Waals surface area contributed by atoms with Gasteiger partial charge in [-0.3, -0.25) is 9.69 Å². The molecule has 1 amide bonds. The molecule has 1 saturated heterocycles. The third kappa shape index (κ3) is 5.74.